The fourth-order valence-corrected chi connectivity index (χ4v) is 7.63. The van der Waals surface area contributed by atoms with E-state index >= 15 is 0 Å². The minimum atomic E-state index is 1.08. The van der Waals surface area contributed by atoms with Crippen molar-refractivity contribution in [2.75, 3.05) is 4.90 Å². The van der Waals surface area contributed by atoms with Gasteiger partial charge in [-0.25, -0.2) is 0 Å². The zero-order valence-corrected chi connectivity index (χ0v) is 30.5. The van der Waals surface area contributed by atoms with Gasteiger partial charge in [-0.1, -0.05) is 200 Å². The molecule has 9 rings (SSSR count). The van der Waals surface area contributed by atoms with Gasteiger partial charge < -0.3 is 4.90 Å². The summed E-state index contributed by atoms with van der Waals surface area (Å²) in [5.41, 5.74) is 17.5. The first-order valence-electron chi connectivity index (χ1n) is 18.8. The largest absolute Gasteiger partial charge is 0.310 e. The molecule has 0 N–H and O–H groups in total. The minimum Gasteiger partial charge on any atom is -0.310 e. The van der Waals surface area contributed by atoms with Gasteiger partial charge in [0.1, 0.15) is 0 Å². The summed E-state index contributed by atoms with van der Waals surface area (Å²) in [6.07, 6.45) is 0. The summed E-state index contributed by atoms with van der Waals surface area (Å²) < 4.78 is 0. The van der Waals surface area contributed by atoms with Gasteiger partial charge in [-0.2, -0.15) is 0 Å². The van der Waals surface area contributed by atoms with Crippen LogP contribution in [0.25, 0.3) is 66.8 Å². The fraction of sp³-hybridized carbons (Fsp3) is 0. The van der Waals surface area contributed by atoms with Crippen LogP contribution >= 0.6 is 0 Å². The normalized spacial score (nSPS) is 10.9. The van der Waals surface area contributed by atoms with Crippen LogP contribution in [0.15, 0.2) is 237 Å². The Morgan fingerprint density at radius 3 is 1.05 bits per heavy atom. The van der Waals surface area contributed by atoms with Crippen molar-refractivity contribution in [3.63, 3.8) is 0 Å². The van der Waals surface area contributed by atoms with Crippen molar-refractivity contribution in [2.45, 2.75) is 0 Å². The number of anilines is 3. The molecule has 0 aliphatic heterocycles. The van der Waals surface area contributed by atoms with Gasteiger partial charge in [0.15, 0.2) is 0 Å². The molecular formula is C54H39N. The summed E-state index contributed by atoms with van der Waals surface area (Å²) >= 11 is 0. The first-order chi connectivity index (χ1) is 27.3. The Morgan fingerprint density at radius 2 is 0.545 bits per heavy atom. The maximum atomic E-state index is 2.43. The number of hydrogen-bond acceptors (Lipinski definition) is 1. The molecule has 1 heteroatoms. The summed E-state index contributed by atoms with van der Waals surface area (Å²) in [6.45, 7) is 0. The van der Waals surface area contributed by atoms with E-state index in [2.05, 4.69) is 241 Å². The Labute approximate surface area is 324 Å². The lowest BCUT2D eigenvalue weighted by atomic mass is 9.88. The first-order valence-corrected chi connectivity index (χ1v) is 18.8. The predicted molar refractivity (Wildman–Crippen MR) is 234 cm³/mol. The molecule has 0 radical (unpaired) electrons. The van der Waals surface area contributed by atoms with Crippen LogP contribution < -0.4 is 4.90 Å². The highest BCUT2D eigenvalue weighted by Crippen LogP contribution is 2.46. The molecular weight excluding hydrogens is 663 g/mol. The monoisotopic (exact) mass is 701 g/mol. The summed E-state index contributed by atoms with van der Waals surface area (Å²) in [4.78, 5) is 2.43. The van der Waals surface area contributed by atoms with E-state index in [1.54, 1.807) is 0 Å². The summed E-state index contributed by atoms with van der Waals surface area (Å²) in [6, 6.07) is 85.1. The molecule has 0 atom stereocenters. The molecule has 0 aliphatic carbocycles. The lowest BCUT2D eigenvalue weighted by Crippen LogP contribution is -2.12. The van der Waals surface area contributed by atoms with E-state index in [4.69, 9.17) is 0 Å². The molecule has 0 aromatic heterocycles. The third-order valence-corrected chi connectivity index (χ3v) is 10.3. The van der Waals surface area contributed by atoms with Crippen LogP contribution in [0.5, 0.6) is 0 Å². The quantitative estimate of drug-likeness (QED) is 0.145. The molecule has 0 aliphatic rings. The molecule has 0 amide bonds. The number of hydrogen-bond donors (Lipinski definition) is 0. The molecule has 9 aromatic rings. The maximum Gasteiger partial charge on any atom is 0.0540 e. The first kappa shape index (κ1) is 33.6. The van der Waals surface area contributed by atoms with Crippen LogP contribution in [0.4, 0.5) is 17.1 Å². The van der Waals surface area contributed by atoms with Gasteiger partial charge in [0.05, 0.1) is 5.69 Å². The number of benzene rings is 9. The zero-order valence-electron chi connectivity index (χ0n) is 30.5. The van der Waals surface area contributed by atoms with Crippen LogP contribution in [0, 0.1) is 0 Å². The Kier molecular flexibility index (Phi) is 9.41. The van der Waals surface area contributed by atoms with Crippen molar-refractivity contribution in [3.05, 3.63) is 237 Å². The molecule has 9 aromatic carbocycles. The highest BCUT2D eigenvalue weighted by Gasteiger charge is 2.21. The molecule has 0 saturated heterocycles. The lowest BCUT2D eigenvalue weighted by Gasteiger charge is -2.29. The van der Waals surface area contributed by atoms with Crippen LogP contribution in [0.3, 0.4) is 0 Å². The van der Waals surface area contributed by atoms with E-state index < -0.39 is 0 Å². The van der Waals surface area contributed by atoms with Gasteiger partial charge in [-0.3, -0.25) is 0 Å². The van der Waals surface area contributed by atoms with Gasteiger partial charge >= 0.3 is 0 Å². The smallest absolute Gasteiger partial charge is 0.0540 e. The van der Waals surface area contributed by atoms with Gasteiger partial charge in [-0.05, 0) is 97.6 Å². The van der Waals surface area contributed by atoms with Crippen molar-refractivity contribution in [2.24, 2.45) is 0 Å². The van der Waals surface area contributed by atoms with Crippen molar-refractivity contribution < 1.29 is 0 Å². The maximum absolute atomic E-state index is 2.43. The third kappa shape index (κ3) is 7.00. The van der Waals surface area contributed by atoms with Crippen LogP contribution in [-0.4, -0.2) is 0 Å². The molecule has 0 saturated carbocycles. The van der Waals surface area contributed by atoms with Crippen molar-refractivity contribution in [1.82, 2.24) is 0 Å². The molecule has 0 spiro atoms. The second-order valence-electron chi connectivity index (χ2n) is 13.7. The van der Waals surface area contributed by atoms with Crippen molar-refractivity contribution in [1.29, 1.82) is 0 Å². The molecule has 0 unspecified atom stereocenters. The third-order valence-electron chi connectivity index (χ3n) is 10.3. The Morgan fingerprint density at radius 1 is 0.200 bits per heavy atom. The Bertz CT molecular complexity index is 2610. The molecule has 0 fully saturated rings. The fourth-order valence-electron chi connectivity index (χ4n) is 7.63. The lowest BCUT2D eigenvalue weighted by molar-refractivity contribution is 1.28. The van der Waals surface area contributed by atoms with E-state index in [0.29, 0.717) is 0 Å². The average molecular weight is 702 g/mol. The molecule has 0 bridgehead atoms. The number of para-hydroxylation sites is 1. The van der Waals surface area contributed by atoms with Gasteiger partial charge in [-0.15, -0.1) is 0 Å². The van der Waals surface area contributed by atoms with Gasteiger partial charge in [0, 0.05) is 16.9 Å². The average Bonchev–Trinajstić information content (AvgIpc) is 3.28. The van der Waals surface area contributed by atoms with E-state index in [9.17, 15) is 0 Å². The molecule has 260 valence electrons. The van der Waals surface area contributed by atoms with Crippen molar-refractivity contribution >= 4 is 17.1 Å². The highest BCUT2D eigenvalue weighted by molar-refractivity contribution is 5.98. The molecule has 1 nitrogen and oxygen atoms in total. The van der Waals surface area contributed by atoms with E-state index in [-0.39, 0.29) is 0 Å². The topological polar surface area (TPSA) is 3.24 Å². The van der Waals surface area contributed by atoms with E-state index in [1.165, 1.54) is 50.1 Å². The number of nitrogens with zero attached hydrogens (tertiary/aromatic N) is 1. The number of rotatable bonds is 9. The van der Waals surface area contributed by atoms with Gasteiger partial charge in [0.25, 0.3) is 0 Å². The summed E-state index contributed by atoms with van der Waals surface area (Å²) in [7, 11) is 0. The summed E-state index contributed by atoms with van der Waals surface area (Å²) in [5, 5.41) is 0. The minimum absolute atomic E-state index is 1.08. The predicted octanol–water partition coefficient (Wildman–Crippen LogP) is 15.2. The van der Waals surface area contributed by atoms with Gasteiger partial charge in [0.2, 0.25) is 0 Å². The zero-order chi connectivity index (χ0) is 36.8. The van der Waals surface area contributed by atoms with Crippen molar-refractivity contribution in [3.8, 4) is 66.8 Å². The molecule has 55 heavy (non-hydrogen) atoms. The summed E-state index contributed by atoms with van der Waals surface area (Å²) in [5.74, 6) is 0. The molecule has 0 heterocycles. The Balaban J connectivity index is 1.27. The standard InChI is InChI=1S/C54H39N/c1-5-19-40(20-6-1)43-33-35-47(36-34-43)55(48-38-45(41-21-7-2-8-22-41)37-46(39-48)42-23-9-3-10-24-42)54-32-18-17-31-53(54)52-30-16-15-29-51(52)50-28-14-13-27-49(50)44-25-11-4-12-26-44/h1-39H. The van der Waals surface area contributed by atoms with Crippen LogP contribution in [-0.2, 0) is 0 Å². The SMILES string of the molecule is c1ccc(-c2ccc(N(c3cc(-c4ccccc4)cc(-c4ccccc4)c3)c3ccccc3-c3ccccc3-c3ccccc3-c3ccccc3)cc2)cc1. The Hall–Kier alpha value is -7.22. The second kappa shape index (κ2) is 15.4. The van der Waals surface area contributed by atoms with E-state index in [0.717, 1.165) is 33.8 Å². The highest BCUT2D eigenvalue weighted by atomic mass is 15.1. The second-order valence-corrected chi connectivity index (χ2v) is 13.7. The van der Waals surface area contributed by atoms with E-state index in [1.807, 2.05) is 0 Å². The van der Waals surface area contributed by atoms with Crippen LogP contribution in [0.1, 0.15) is 0 Å². The van der Waals surface area contributed by atoms with Crippen LogP contribution in [0.2, 0.25) is 0 Å².